The largest absolute Gasteiger partial charge is 0.322 e. The monoisotopic (exact) mass is 469 g/mol. The first kappa shape index (κ1) is 22.7. The summed E-state index contributed by atoms with van der Waals surface area (Å²) in [6.45, 7) is 0. The van der Waals surface area contributed by atoms with Gasteiger partial charge >= 0.3 is 0 Å². The van der Waals surface area contributed by atoms with E-state index in [1.54, 1.807) is 36.6 Å². The van der Waals surface area contributed by atoms with Crippen molar-refractivity contribution >= 4 is 51.3 Å². The number of hydrazone groups is 1. The summed E-state index contributed by atoms with van der Waals surface area (Å²) in [5.41, 5.74) is 5.17. The van der Waals surface area contributed by atoms with E-state index in [0.717, 1.165) is 32.7 Å². The second kappa shape index (κ2) is 10.5. The zero-order chi connectivity index (χ0) is 24.7. The number of rotatable bonds is 6. The van der Waals surface area contributed by atoms with E-state index in [1.807, 2.05) is 66.7 Å². The van der Waals surface area contributed by atoms with Crippen molar-refractivity contribution in [1.82, 2.24) is 5.43 Å². The Morgan fingerprint density at radius 3 is 2.03 bits per heavy atom. The van der Waals surface area contributed by atoms with E-state index in [2.05, 4.69) is 34.0 Å². The average molecular weight is 470 g/mol. The van der Waals surface area contributed by atoms with Gasteiger partial charge in [0.2, 0.25) is 5.91 Å². The predicted octanol–water partition coefficient (Wildman–Crippen LogP) is 6.41. The molecule has 5 aromatic carbocycles. The Labute approximate surface area is 208 Å². The Hall–Kier alpha value is -5.03. The summed E-state index contributed by atoms with van der Waals surface area (Å²) in [6.07, 6.45) is 4.83. The molecule has 0 aliphatic rings. The lowest BCUT2D eigenvalue weighted by molar-refractivity contribution is -0.111. The third-order valence-corrected chi connectivity index (χ3v) is 5.83. The molecule has 0 bridgehead atoms. The summed E-state index contributed by atoms with van der Waals surface area (Å²) in [6, 6.07) is 34.7. The maximum Gasteiger partial charge on any atom is 0.273 e. The Kier molecular flexibility index (Phi) is 6.63. The van der Waals surface area contributed by atoms with Crippen molar-refractivity contribution in [1.29, 1.82) is 0 Å². The predicted molar refractivity (Wildman–Crippen MR) is 147 cm³/mol. The average Bonchev–Trinajstić information content (AvgIpc) is 2.92. The summed E-state index contributed by atoms with van der Waals surface area (Å²) in [4.78, 5) is 25.4. The molecule has 0 unspecified atom stereocenters. The summed E-state index contributed by atoms with van der Waals surface area (Å²) >= 11 is 0. The number of amides is 2. The molecule has 0 aromatic heterocycles. The fourth-order valence-electron chi connectivity index (χ4n) is 4.10. The van der Waals surface area contributed by atoms with Crippen molar-refractivity contribution in [3.05, 3.63) is 132 Å². The number of anilines is 1. The highest BCUT2D eigenvalue weighted by Gasteiger charge is 2.12. The lowest BCUT2D eigenvalue weighted by Crippen LogP contribution is -2.20. The van der Waals surface area contributed by atoms with Gasteiger partial charge in [0, 0.05) is 11.6 Å². The van der Waals surface area contributed by atoms with Crippen molar-refractivity contribution in [3.63, 3.8) is 0 Å². The molecule has 174 valence electrons. The van der Waals surface area contributed by atoms with Gasteiger partial charge in [0.15, 0.2) is 0 Å². The minimum absolute atomic E-state index is 0.318. The second-order valence-electron chi connectivity index (χ2n) is 8.21. The van der Waals surface area contributed by atoms with E-state index in [-0.39, 0.29) is 5.91 Å². The lowest BCUT2D eigenvalue weighted by Gasteiger charge is -2.09. The molecule has 0 radical (unpaired) electrons. The molecular weight excluding hydrogens is 446 g/mol. The van der Waals surface area contributed by atoms with Gasteiger partial charge in [-0.05, 0) is 51.4 Å². The molecule has 2 N–H and O–H groups in total. The number of para-hydroxylation sites is 1. The Morgan fingerprint density at radius 2 is 1.31 bits per heavy atom. The van der Waals surface area contributed by atoms with Crippen molar-refractivity contribution in [3.8, 4) is 0 Å². The third kappa shape index (κ3) is 5.05. The van der Waals surface area contributed by atoms with Gasteiger partial charge in [0.25, 0.3) is 5.91 Å². The van der Waals surface area contributed by atoms with Gasteiger partial charge < -0.3 is 5.32 Å². The quantitative estimate of drug-likeness (QED) is 0.131. The van der Waals surface area contributed by atoms with E-state index < -0.39 is 5.91 Å². The summed E-state index contributed by atoms with van der Waals surface area (Å²) in [5, 5.41) is 11.3. The first-order chi connectivity index (χ1) is 17.7. The van der Waals surface area contributed by atoms with Crippen LogP contribution in [0.3, 0.4) is 0 Å². The number of hydrogen-bond donors (Lipinski definition) is 2. The highest BCUT2D eigenvalue weighted by molar-refractivity contribution is 6.14. The van der Waals surface area contributed by atoms with E-state index >= 15 is 0 Å². The fraction of sp³-hybridized carbons (Fsp3) is 0. The molecule has 0 heterocycles. The van der Waals surface area contributed by atoms with Crippen molar-refractivity contribution in [2.24, 2.45) is 5.10 Å². The van der Waals surface area contributed by atoms with Crippen molar-refractivity contribution < 1.29 is 9.59 Å². The van der Waals surface area contributed by atoms with Crippen LogP contribution in [0.25, 0.3) is 27.6 Å². The van der Waals surface area contributed by atoms with Gasteiger partial charge in [-0.25, -0.2) is 5.43 Å². The van der Waals surface area contributed by atoms with Crippen molar-refractivity contribution in [2.75, 3.05) is 5.32 Å². The minimum atomic E-state index is -0.418. The van der Waals surface area contributed by atoms with E-state index in [0.29, 0.717) is 11.3 Å². The molecule has 5 heteroatoms. The van der Waals surface area contributed by atoms with Gasteiger partial charge in [-0.3, -0.25) is 9.59 Å². The summed E-state index contributed by atoms with van der Waals surface area (Å²) in [7, 11) is 0. The molecule has 0 aliphatic carbocycles. The molecule has 36 heavy (non-hydrogen) atoms. The highest BCUT2D eigenvalue weighted by atomic mass is 16.2. The number of carbonyl (C=O) groups excluding carboxylic acids is 2. The van der Waals surface area contributed by atoms with Crippen LogP contribution in [0.15, 0.2) is 120 Å². The lowest BCUT2D eigenvalue weighted by atomic mass is 9.97. The molecule has 0 fully saturated rings. The number of carbonyl (C=O) groups is 2. The van der Waals surface area contributed by atoms with E-state index in [9.17, 15) is 9.59 Å². The SMILES string of the molecule is O=C(/C=C/c1ccccc1)Nc1ccccc1C(=O)N/N=C\c1c2ccccc2cc2ccccc12. The Bertz CT molecular complexity index is 1570. The van der Waals surface area contributed by atoms with Crippen LogP contribution < -0.4 is 10.7 Å². The zero-order valence-electron chi connectivity index (χ0n) is 19.4. The first-order valence-electron chi connectivity index (χ1n) is 11.6. The molecule has 0 spiro atoms. The molecular formula is C31H23N3O2. The van der Waals surface area contributed by atoms with Crippen molar-refractivity contribution in [2.45, 2.75) is 0 Å². The molecule has 5 rings (SSSR count). The van der Waals surface area contributed by atoms with Gasteiger partial charge in [-0.15, -0.1) is 0 Å². The number of benzene rings is 5. The van der Waals surface area contributed by atoms with E-state index in [4.69, 9.17) is 0 Å². The maximum absolute atomic E-state index is 12.9. The molecule has 0 saturated heterocycles. The third-order valence-electron chi connectivity index (χ3n) is 5.83. The minimum Gasteiger partial charge on any atom is -0.322 e. The normalized spacial score (nSPS) is 11.3. The molecule has 0 atom stereocenters. The van der Waals surface area contributed by atoms with Gasteiger partial charge in [-0.2, -0.15) is 5.10 Å². The number of fused-ring (bicyclic) bond motifs is 2. The fourth-order valence-corrected chi connectivity index (χ4v) is 4.10. The van der Waals surface area contributed by atoms with Crippen LogP contribution in [0, 0.1) is 0 Å². The molecule has 5 aromatic rings. The second-order valence-corrected chi connectivity index (χ2v) is 8.21. The maximum atomic E-state index is 12.9. The van der Waals surface area contributed by atoms with Crippen LogP contribution in [0.2, 0.25) is 0 Å². The molecule has 5 nitrogen and oxygen atoms in total. The van der Waals surface area contributed by atoms with Crippen LogP contribution >= 0.6 is 0 Å². The first-order valence-corrected chi connectivity index (χ1v) is 11.6. The summed E-state index contributed by atoms with van der Waals surface area (Å²) < 4.78 is 0. The smallest absolute Gasteiger partial charge is 0.273 e. The molecule has 2 amide bonds. The van der Waals surface area contributed by atoms with Crippen LogP contribution in [0.1, 0.15) is 21.5 Å². The Morgan fingerprint density at radius 1 is 0.694 bits per heavy atom. The van der Waals surface area contributed by atoms with Crippen LogP contribution in [0.5, 0.6) is 0 Å². The number of nitrogens with zero attached hydrogens (tertiary/aromatic N) is 1. The van der Waals surface area contributed by atoms with Gasteiger partial charge in [-0.1, -0.05) is 91.0 Å². The molecule has 0 aliphatic heterocycles. The summed E-state index contributed by atoms with van der Waals surface area (Å²) in [5.74, 6) is -0.747. The standard InChI is InChI=1S/C31H23N3O2/c35-30(19-18-22-10-2-1-3-11-22)33-29-17-9-8-16-27(29)31(36)34-32-21-28-25-14-6-4-12-23(25)20-24-13-5-7-15-26(24)28/h1-21H,(H,33,35)(H,34,36)/b19-18+,32-21-. The highest BCUT2D eigenvalue weighted by Crippen LogP contribution is 2.27. The molecule has 0 saturated carbocycles. The Balaban J connectivity index is 1.35. The van der Waals surface area contributed by atoms with Gasteiger partial charge in [0.1, 0.15) is 0 Å². The van der Waals surface area contributed by atoms with Crippen LogP contribution in [0.4, 0.5) is 5.69 Å². The van der Waals surface area contributed by atoms with Crippen LogP contribution in [-0.2, 0) is 4.79 Å². The number of nitrogens with one attached hydrogen (secondary N) is 2. The number of hydrogen-bond acceptors (Lipinski definition) is 3. The topological polar surface area (TPSA) is 70.6 Å². The van der Waals surface area contributed by atoms with Gasteiger partial charge in [0.05, 0.1) is 17.5 Å². The zero-order valence-corrected chi connectivity index (χ0v) is 19.4. The van der Waals surface area contributed by atoms with E-state index in [1.165, 1.54) is 6.08 Å². The van der Waals surface area contributed by atoms with Crippen LogP contribution in [-0.4, -0.2) is 18.0 Å².